The van der Waals surface area contributed by atoms with E-state index in [1.165, 1.54) is 0 Å². The number of terminal acetylenes is 1. The van der Waals surface area contributed by atoms with Gasteiger partial charge in [-0.1, -0.05) is 5.92 Å². The van der Waals surface area contributed by atoms with Gasteiger partial charge in [-0.15, -0.1) is 6.42 Å². The lowest BCUT2D eigenvalue weighted by Crippen LogP contribution is -2.37. The molecule has 3 N–H and O–H groups in total. The van der Waals surface area contributed by atoms with E-state index in [1.807, 2.05) is 6.92 Å². The van der Waals surface area contributed by atoms with Crippen molar-refractivity contribution in [3.05, 3.63) is 0 Å². The van der Waals surface area contributed by atoms with E-state index < -0.39 is 0 Å². The van der Waals surface area contributed by atoms with E-state index in [9.17, 15) is 4.79 Å². The molecule has 0 spiro atoms. The average Bonchev–Trinajstić information content (AvgIpc) is 1.88. The van der Waals surface area contributed by atoms with E-state index in [0.717, 1.165) is 0 Å². The Hall–Kier alpha value is -1.01. The molecule has 0 radical (unpaired) electrons. The zero-order valence-corrected chi connectivity index (χ0v) is 6.05. The lowest BCUT2D eigenvalue weighted by atomic mass is 10.3. The van der Waals surface area contributed by atoms with Crippen molar-refractivity contribution < 1.29 is 4.79 Å². The van der Waals surface area contributed by atoms with Gasteiger partial charge >= 0.3 is 0 Å². The smallest absolute Gasteiger partial charge is 0.232 e. The molecule has 0 heterocycles. The van der Waals surface area contributed by atoms with Crippen molar-refractivity contribution in [3.8, 4) is 12.3 Å². The maximum absolute atomic E-state index is 10.7. The molecule has 0 aliphatic rings. The van der Waals surface area contributed by atoms with E-state index >= 15 is 0 Å². The zero-order valence-electron chi connectivity index (χ0n) is 6.05. The van der Waals surface area contributed by atoms with Crippen LogP contribution < -0.4 is 11.1 Å². The molecule has 10 heavy (non-hydrogen) atoms. The highest BCUT2D eigenvalue weighted by molar-refractivity contribution is 5.78. The average molecular weight is 140 g/mol. The lowest BCUT2D eigenvalue weighted by molar-refractivity contribution is -0.120. The second-order valence-corrected chi connectivity index (χ2v) is 2.09. The highest BCUT2D eigenvalue weighted by Gasteiger charge is 2.01. The third-order valence-electron chi connectivity index (χ3n) is 1.02. The third kappa shape index (κ3) is 3.93. The summed E-state index contributed by atoms with van der Waals surface area (Å²) in [5.41, 5.74) is 5.25. The fourth-order valence-electron chi connectivity index (χ4n) is 0.477. The zero-order chi connectivity index (χ0) is 7.98. The summed E-state index contributed by atoms with van der Waals surface area (Å²) in [6.45, 7) is 2.27. The van der Waals surface area contributed by atoms with Crippen molar-refractivity contribution in [2.75, 3.05) is 6.54 Å². The Labute approximate surface area is 61.0 Å². The Kier molecular flexibility index (Phi) is 4.34. The van der Waals surface area contributed by atoms with Gasteiger partial charge in [0.2, 0.25) is 5.91 Å². The van der Waals surface area contributed by atoms with Gasteiger partial charge in [0.15, 0.2) is 0 Å². The van der Waals surface area contributed by atoms with Crippen LogP contribution in [-0.4, -0.2) is 18.5 Å². The van der Waals surface area contributed by atoms with Crippen molar-refractivity contribution in [2.45, 2.75) is 19.4 Å². The molecule has 0 saturated carbocycles. The van der Waals surface area contributed by atoms with Crippen LogP contribution in [0.2, 0.25) is 0 Å². The Balaban J connectivity index is 3.49. The largest absolute Gasteiger partial charge is 0.352 e. The molecule has 3 nitrogen and oxygen atoms in total. The van der Waals surface area contributed by atoms with E-state index in [0.29, 0.717) is 6.54 Å². The van der Waals surface area contributed by atoms with Crippen molar-refractivity contribution >= 4 is 5.91 Å². The molecular weight excluding hydrogens is 128 g/mol. The molecule has 0 unspecified atom stereocenters. The van der Waals surface area contributed by atoms with Gasteiger partial charge in [0.1, 0.15) is 0 Å². The summed E-state index contributed by atoms with van der Waals surface area (Å²) >= 11 is 0. The Morgan fingerprint density at radius 3 is 2.90 bits per heavy atom. The third-order valence-corrected chi connectivity index (χ3v) is 1.02. The first-order chi connectivity index (χ1) is 4.70. The summed E-state index contributed by atoms with van der Waals surface area (Å²) in [6, 6.07) is 0.0147. The van der Waals surface area contributed by atoms with Gasteiger partial charge in [0, 0.05) is 12.6 Å². The number of carbonyl (C=O) groups excluding carboxylic acids is 1. The molecule has 0 aromatic rings. The SMILES string of the molecule is C#CCC(=O)N[C@H](C)CN. The highest BCUT2D eigenvalue weighted by Crippen LogP contribution is 1.79. The fraction of sp³-hybridized carbons (Fsp3) is 0.571. The van der Waals surface area contributed by atoms with Gasteiger partial charge in [-0.3, -0.25) is 4.79 Å². The number of carbonyl (C=O) groups is 1. The number of hydrogen-bond donors (Lipinski definition) is 2. The molecule has 0 aliphatic heterocycles. The maximum Gasteiger partial charge on any atom is 0.232 e. The van der Waals surface area contributed by atoms with E-state index in [1.54, 1.807) is 0 Å². The first-order valence-electron chi connectivity index (χ1n) is 3.13. The van der Waals surface area contributed by atoms with E-state index in [4.69, 9.17) is 12.2 Å². The lowest BCUT2D eigenvalue weighted by Gasteiger charge is -2.08. The van der Waals surface area contributed by atoms with Gasteiger partial charge < -0.3 is 11.1 Å². The van der Waals surface area contributed by atoms with Crippen LogP contribution in [0.4, 0.5) is 0 Å². The Morgan fingerprint density at radius 2 is 2.50 bits per heavy atom. The first kappa shape index (κ1) is 8.99. The number of hydrogen-bond acceptors (Lipinski definition) is 2. The Morgan fingerprint density at radius 1 is 1.90 bits per heavy atom. The van der Waals surface area contributed by atoms with Gasteiger partial charge in [0.05, 0.1) is 6.42 Å². The fourth-order valence-corrected chi connectivity index (χ4v) is 0.477. The molecule has 0 aromatic heterocycles. The summed E-state index contributed by atoms with van der Waals surface area (Å²) in [5.74, 6) is 2.11. The number of rotatable bonds is 3. The molecule has 0 saturated heterocycles. The van der Waals surface area contributed by atoms with Gasteiger partial charge in [-0.25, -0.2) is 0 Å². The quantitative estimate of drug-likeness (QED) is 0.518. The summed E-state index contributed by atoms with van der Waals surface area (Å²) in [4.78, 5) is 10.7. The standard InChI is InChI=1S/C7H12N2O/c1-3-4-7(10)9-6(2)5-8/h1,6H,4-5,8H2,2H3,(H,9,10)/t6-/m1/s1. The van der Waals surface area contributed by atoms with Crippen LogP contribution in [0.3, 0.4) is 0 Å². The highest BCUT2D eigenvalue weighted by atomic mass is 16.1. The van der Waals surface area contributed by atoms with Crippen molar-refractivity contribution in [1.82, 2.24) is 5.32 Å². The predicted octanol–water partition coefficient (Wildman–Crippen LogP) is -0.527. The van der Waals surface area contributed by atoms with Crippen molar-refractivity contribution in [3.63, 3.8) is 0 Å². The molecule has 1 amide bonds. The van der Waals surface area contributed by atoms with Gasteiger partial charge in [-0.05, 0) is 6.92 Å². The maximum atomic E-state index is 10.7. The number of nitrogens with two attached hydrogens (primary N) is 1. The molecule has 56 valence electrons. The second-order valence-electron chi connectivity index (χ2n) is 2.09. The normalized spacial score (nSPS) is 11.7. The topological polar surface area (TPSA) is 55.1 Å². The summed E-state index contributed by atoms with van der Waals surface area (Å²) in [5, 5.41) is 2.62. The second kappa shape index (κ2) is 4.83. The molecule has 0 aromatic carbocycles. The predicted molar refractivity (Wildman–Crippen MR) is 40.1 cm³/mol. The molecule has 0 bridgehead atoms. The first-order valence-corrected chi connectivity index (χ1v) is 3.13. The van der Waals surface area contributed by atoms with Crippen molar-refractivity contribution in [1.29, 1.82) is 0 Å². The summed E-state index contributed by atoms with van der Waals surface area (Å²) < 4.78 is 0. The molecule has 3 heteroatoms. The molecule has 0 aliphatic carbocycles. The van der Waals surface area contributed by atoms with Crippen LogP contribution in [-0.2, 0) is 4.79 Å². The Bertz CT molecular complexity index is 148. The van der Waals surface area contributed by atoms with E-state index in [-0.39, 0.29) is 18.4 Å². The minimum atomic E-state index is -0.138. The molecule has 1 atom stereocenters. The van der Waals surface area contributed by atoms with Crippen LogP contribution >= 0.6 is 0 Å². The molecule has 0 rings (SSSR count). The minimum absolute atomic E-state index is 0.0147. The number of amides is 1. The van der Waals surface area contributed by atoms with Crippen molar-refractivity contribution in [2.24, 2.45) is 5.73 Å². The molecule has 0 fully saturated rings. The van der Waals surface area contributed by atoms with Crippen LogP contribution in [0.1, 0.15) is 13.3 Å². The van der Waals surface area contributed by atoms with Crippen LogP contribution in [0.25, 0.3) is 0 Å². The number of nitrogens with one attached hydrogen (secondary N) is 1. The minimum Gasteiger partial charge on any atom is -0.352 e. The summed E-state index contributed by atoms with van der Waals surface area (Å²) in [6.07, 6.45) is 5.03. The molecular formula is C7H12N2O. The van der Waals surface area contributed by atoms with Crippen LogP contribution in [0, 0.1) is 12.3 Å². The van der Waals surface area contributed by atoms with Gasteiger partial charge in [0.25, 0.3) is 0 Å². The van der Waals surface area contributed by atoms with Crippen LogP contribution in [0.15, 0.2) is 0 Å². The van der Waals surface area contributed by atoms with Gasteiger partial charge in [-0.2, -0.15) is 0 Å². The monoisotopic (exact) mass is 140 g/mol. The van der Waals surface area contributed by atoms with Crippen LogP contribution in [0.5, 0.6) is 0 Å². The summed E-state index contributed by atoms with van der Waals surface area (Å²) in [7, 11) is 0. The van der Waals surface area contributed by atoms with E-state index in [2.05, 4.69) is 11.2 Å².